The maximum atomic E-state index is 11.3. The van der Waals surface area contributed by atoms with E-state index in [9.17, 15) is 4.79 Å². The Morgan fingerprint density at radius 1 is 1.28 bits per heavy atom. The van der Waals surface area contributed by atoms with Crippen LogP contribution in [0.15, 0.2) is 42.6 Å². The van der Waals surface area contributed by atoms with E-state index >= 15 is 0 Å². The lowest BCUT2D eigenvalue weighted by molar-refractivity contribution is 0.0601. The lowest BCUT2D eigenvalue weighted by atomic mass is 10.0. The maximum Gasteiger partial charge on any atom is 0.337 e. The molecule has 0 saturated carbocycles. The van der Waals surface area contributed by atoms with E-state index < -0.39 is 0 Å². The Labute approximate surface area is 104 Å². The Kier molecular flexibility index (Phi) is 3.35. The van der Waals surface area contributed by atoms with Crippen molar-refractivity contribution < 1.29 is 9.53 Å². The van der Waals surface area contributed by atoms with Crippen molar-refractivity contribution >= 4 is 5.97 Å². The Morgan fingerprint density at radius 3 is 2.61 bits per heavy atom. The molecular weight excluding hydrogens is 228 g/mol. The summed E-state index contributed by atoms with van der Waals surface area (Å²) in [7, 11) is 1.34. The Hall–Kier alpha value is -2.67. The van der Waals surface area contributed by atoms with Crippen LogP contribution in [0.4, 0.5) is 0 Å². The van der Waals surface area contributed by atoms with Gasteiger partial charge in [-0.3, -0.25) is 0 Å². The average Bonchev–Trinajstić information content (AvgIpc) is 2.46. The molecule has 0 saturated heterocycles. The van der Waals surface area contributed by atoms with Crippen molar-refractivity contribution in [2.24, 2.45) is 0 Å². The van der Waals surface area contributed by atoms with Crippen LogP contribution in [-0.4, -0.2) is 18.1 Å². The number of benzene rings is 1. The third kappa shape index (κ3) is 2.20. The number of nitriles is 1. The Morgan fingerprint density at radius 2 is 2.00 bits per heavy atom. The van der Waals surface area contributed by atoms with Gasteiger partial charge in [0, 0.05) is 11.8 Å². The van der Waals surface area contributed by atoms with Gasteiger partial charge < -0.3 is 4.74 Å². The van der Waals surface area contributed by atoms with Crippen LogP contribution in [0.25, 0.3) is 11.1 Å². The number of carbonyl (C=O) groups excluding carboxylic acids is 1. The molecule has 0 radical (unpaired) electrons. The zero-order valence-electron chi connectivity index (χ0n) is 9.75. The number of carbonyl (C=O) groups is 1. The van der Waals surface area contributed by atoms with E-state index in [0.29, 0.717) is 11.3 Å². The number of hydrogen-bond donors (Lipinski definition) is 0. The summed E-state index contributed by atoms with van der Waals surface area (Å²) in [6, 6.07) is 12.5. The van der Waals surface area contributed by atoms with Crippen molar-refractivity contribution in [1.29, 1.82) is 5.26 Å². The van der Waals surface area contributed by atoms with Crippen LogP contribution in [0.3, 0.4) is 0 Å². The number of pyridine rings is 1. The molecule has 0 spiro atoms. The Bertz CT molecular complexity index is 612. The number of esters is 1. The average molecular weight is 238 g/mol. The predicted octanol–water partition coefficient (Wildman–Crippen LogP) is 2.41. The van der Waals surface area contributed by atoms with Gasteiger partial charge in [0.25, 0.3) is 0 Å². The number of nitrogens with zero attached hydrogens (tertiary/aromatic N) is 2. The minimum absolute atomic E-state index is 0.364. The second-order valence-electron chi connectivity index (χ2n) is 3.58. The molecular formula is C14H10N2O2. The van der Waals surface area contributed by atoms with Gasteiger partial charge in [0.1, 0.15) is 11.8 Å². The molecule has 1 aromatic carbocycles. The fourth-order valence-electron chi connectivity index (χ4n) is 1.63. The van der Waals surface area contributed by atoms with Gasteiger partial charge in [-0.2, -0.15) is 5.26 Å². The molecule has 2 rings (SSSR count). The molecule has 0 amide bonds. The summed E-state index contributed by atoms with van der Waals surface area (Å²) in [5, 5.41) is 8.97. The minimum atomic E-state index is -0.381. The quantitative estimate of drug-likeness (QED) is 0.753. The molecule has 0 bridgehead atoms. The lowest BCUT2D eigenvalue weighted by Gasteiger charge is -2.04. The summed E-state index contributed by atoms with van der Waals surface area (Å²) in [6.07, 6.45) is 1.57. The van der Waals surface area contributed by atoms with Gasteiger partial charge in [0.05, 0.1) is 12.7 Å². The molecule has 2 aromatic rings. The fourth-order valence-corrected chi connectivity index (χ4v) is 1.63. The number of ether oxygens (including phenoxy) is 1. The van der Waals surface area contributed by atoms with Gasteiger partial charge in [-0.05, 0) is 29.8 Å². The monoisotopic (exact) mass is 238 g/mol. The molecule has 88 valence electrons. The predicted molar refractivity (Wildman–Crippen MR) is 65.7 cm³/mol. The second kappa shape index (κ2) is 5.11. The zero-order valence-corrected chi connectivity index (χ0v) is 9.75. The summed E-state index contributed by atoms with van der Waals surface area (Å²) in [6.45, 7) is 0. The maximum absolute atomic E-state index is 11.3. The SMILES string of the molecule is COC(=O)c1ccc(-c2cccnc2C#N)cc1. The minimum Gasteiger partial charge on any atom is -0.465 e. The summed E-state index contributed by atoms with van der Waals surface area (Å²) >= 11 is 0. The highest BCUT2D eigenvalue weighted by Crippen LogP contribution is 2.22. The normalized spacial score (nSPS) is 9.56. The standard InChI is InChI=1S/C14H10N2O2/c1-18-14(17)11-6-4-10(5-7-11)12-3-2-8-16-13(12)9-15/h2-8H,1H3. The molecule has 18 heavy (non-hydrogen) atoms. The first-order valence-corrected chi connectivity index (χ1v) is 5.30. The summed E-state index contributed by atoms with van der Waals surface area (Å²) < 4.78 is 4.62. The molecule has 0 N–H and O–H groups in total. The second-order valence-corrected chi connectivity index (χ2v) is 3.58. The molecule has 4 heteroatoms. The molecule has 1 aromatic heterocycles. The van der Waals surface area contributed by atoms with Crippen molar-refractivity contribution in [2.45, 2.75) is 0 Å². The summed E-state index contributed by atoms with van der Waals surface area (Å²) in [5.41, 5.74) is 2.43. The molecule has 0 atom stereocenters. The van der Waals surface area contributed by atoms with Crippen molar-refractivity contribution in [1.82, 2.24) is 4.98 Å². The van der Waals surface area contributed by atoms with E-state index in [4.69, 9.17) is 5.26 Å². The molecule has 0 aliphatic carbocycles. The van der Waals surface area contributed by atoms with E-state index in [1.807, 2.05) is 12.1 Å². The van der Waals surface area contributed by atoms with Gasteiger partial charge in [0.15, 0.2) is 0 Å². The van der Waals surface area contributed by atoms with E-state index in [1.165, 1.54) is 7.11 Å². The number of methoxy groups -OCH3 is 1. The van der Waals surface area contributed by atoms with Gasteiger partial charge in [0.2, 0.25) is 0 Å². The van der Waals surface area contributed by atoms with E-state index in [2.05, 4.69) is 9.72 Å². The first-order chi connectivity index (χ1) is 8.76. The first-order valence-electron chi connectivity index (χ1n) is 5.30. The topological polar surface area (TPSA) is 63.0 Å². The van der Waals surface area contributed by atoms with Crippen LogP contribution in [0.5, 0.6) is 0 Å². The van der Waals surface area contributed by atoms with Gasteiger partial charge in [-0.15, -0.1) is 0 Å². The van der Waals surface area contributed by atoms with Gasteiger partial charge >= 0.3 is 5.97 Å². The highest BCUT2D eigenvalue weighted by atomic mass is 16.5. The van der Waals surface area contributed by atoms with E-state index in [0.717, 1.165) is 11.1 Å². The molecule has 4 nitrogen and oxygen atoms in total. The van der Waals surface area contributed by atoms with Crippen molar-refractivity contribution in [2.75, 3.05) is 7.11 Å². The third-order valence-corrected chi connectivity index (χ3v) is 2.53. The van der Waals surface area contributed by atoms with Crippen LogP contribution < -0.4 is 0 Å². The van der Waals surface area contributed by atoms with Crippen molar-refractivity contribution in [3.05, 3.63) is 53.9 Å². The van der Waals surface area contributed by atoms with E-state index in [-0.39, 0.29) is 5.97 Å². The van der Waals surface area contributed by atoms with Crippen molar-refractivity contribution in [3.8, 4) is 17.2 Å². The van der Waals surface area contributed by atoms with Crippen LogP contribution >= 0.6 is 0 Å². The van der Waals surface area contributed by atoms with Crippen LogP contribution in [0.2, 0.25) is 0 Å². The van der Waals surface area contributed by atoms with Gasteiger partial charge in [-0.25, -0.2) is 9.78 Å². The van der Waals surface area contributed by atoms with Crippen molar-refractivity contribution in [3.63, 3.8) is 0 Å². The molecule has 0 unspecified atom stereocenters. The molecule has 0 aliphatic heterocycles. The number of rotatable bonds is 2. The molecule has 1 heterocycles. The smallest absolute Gasteiger partial charge is 0.337 e. The molecule has 0 fully saturated rings. The number of hydrogen-bond acceptors (Lipinski definition) is 4. The highest BCUT2D eigenvalue weighted by molar-refractivity contribution is 5.90. The largest absolute Gasteiger partial charge is 0.465 e. The third-order valence-electron chi connectivity index (χ3n) is 2.53. The highest BCUT2D eigenvalue weighted by Gasteiger charge is 2.08. The fraction of sp³-hybridized carbons (Fsp3) is 0.0714. The van der Waals surface area contributed by atoms with Gasteiger partial charge in [-0.1, -0.05) is 12.1 Å². The van der Waals surface area contributed by atoms with E-state index in [1.54, 1.807) is 36.5 Å². The zero-order chi connectivity index (χ0) is 13.0. The van der Waals surface area contributed by atoms with Crippen LogP contribution in [-0.2, 0) is 4.74 Å². The van der Waals surface area contributed by atoms with Crippen LogP contribution in [0, 0.1) is 11.3 Å². The lowest BCUT2D eigenvalue weighted by Crippen LogP contribution is -2.00. The summed E-state index contributed by atoms with van der Waals surface area (Å²) in [4.78, 5) is 15.3. The summed E-state index contributed by atoms with van der Waals surface area (Å²) in [5.74, 6) is -0.381. The molecule has 0 aliphatic rings. The Balaban J connectivity index is 2.41. The first kappa shape index (κ1) is 11.8. The number of aromatic nitrogens is 1. The van der Waals surface area contributed by atoms with Crippen LogP contribution in [0.1, 0.15) is 16.1 Å².